The Kier molecular flexibility index (Phi) is 4.16. The number of halogens is 2. The molecule has 2 rings (SSSR count). The second kappa shape index (κ2) is 6.02. The molecule has 0 saturated heterocycles. The Bertz CT molecular complexity index is 622. The van der Waals surface area contributed by atoms with Crippen LogP contribution in [0.1, 0.15) is 11.1 Å². The van der Waals surface area contributed by atoms with Crippen molar-refractivity contribution >= 4 is 11.4 Å². The fourth-order valence-electron chi connectivity index (χ4n) is 1.82. The summed E-state index contributed by atoms with van der Waals surface area (Å²) < 4.78 is 27.2. The molecule has 0 unspecified atom stereocenters. The molecule has 0 bridgehead atoms. The number of nitriles is 1. The van der Waals surface area contributed by atoms with E-state index >= 15 is 0 Å². The number of nitrogens with one attached hydrogen (secondary N) is 1. The van der Waals surface area contributed by atoms with Crippen molar-refractivity contribution in [2.45, 2.75) is 6.42 Å². The molecule has 2 aromatic carbocycles. The van der Waals surface area contributed by atoms with E-state index in [-0.39, 0.29) is 11.3 Å². The van der Waals surface area contributed by atoms with Gasteiger partial charge >= 0.3 is 0 Å². The van der Waals surface area contributed by atoms with Crippen molar-refractivity contribution in [1.82, 2.24) is 0 Å². The van der Waals surface area contributed by atoms with Crippen LogP contribution in [-0.4, -0.2) is 6.54 Å². The van der Waals surface area contributed by atoms with Crippen LogP contribution in [-0.2, 0) is 6.42 Å². The third kappa shape index (κ3) is 3.23. The number of rotatable bonds is 4. The monoisotopic (exact) mass is 273 g/mol. The van der Waals surface area contributed by atoms with E-state index in [0.29, 0.717) is 18.7 Å². The number of benzene rings is 2. The van der Waals surface area contributed by atoms with Crippen LogP contribution in [0.15, 0.2) is 36.4 Å². The lowest BCUT2D eigenvalue weighted by Crippen LogP contribution is -2.08. The van der Waals surface area contributed by atoms with E-state index in [2.05, 4.69) is 5.32 Å². The number of nitrogens with two attached hydrogens (primary N) is 1. The SMILES string of the molecule is N#Cc1cc(F)c(NCCc2ccc(N)cc2)c(F)c1. The van der Waals surface area contributed by atoms with Crippen molar-refractivity contribution in [1.29, 1.82) is 5.26 Å². The lowest BCUT2D eigenvalue weighted by Gasteiger charge is -2.09. The van der Waals surface area contributed by atoms with E-state index in [1.54, 1.807) is 18.2 Å². The highest BCUT2D eigenvalue weighted by Crippen LogP contribution is 2.20. The molecule has 0 spiro atoms. The summed E-state index contributed by atoms with van der Waals surface area (Å²) in [5.74, 6) is -1.53. The Hall–Kier alpha value is -2.61. The van der Waals surface area contributed by atoms with Gasteiger partial charge < -0.3 is 11.1 Å². The minimum atomic E-state index is -0.765. The summed E-state index contributed by atoms with van der Waals surface area (Å²) in [4.78, 5) is 0. The lowest BCUT2D eigenvalue weighted by atomic mass is 10.1. The summed E-state index contributed by atoms with van der Waals surface area (Å²) in [5.41, 5.74) is 7.01. The number of anilines is 2. The van der Waals surface area contributed by atoms with E-state index in [4.69, 9.17) is 11.0 Å². The van der Waals surface area contributed by atoms with Crippen LogP contribution in [0, 0.1) is 23.0 Å². The van der Waals surface area contributed by atoms with Crippen LogP contribution in [0.2, 0.25) is 0 Å². The van der Waals surface area contributed by atoms with E-state index in [1.807, 2.05) is 12.1 Å². The molecule has 102 valence electrons. The van der Waals surface area contributed by atoms with Crippen LogP contribution in [0.25, 0.3) is 0 Å². The molecule has 0 atom stereocenters. The first-order chi connectivity index (χ1) is 9.60. The van der Waals surface area contributed by atoms with Gasteiger partial charge in [0, 0.05) is 12.2 Å². The minimum Gasteiger partial charge on any atom is -0.399 e. The maximum atomic E-state index is 13.6. The molecule has 0 radical (unpaired) electrons. The molecular weight excluding hydrogens is 260 g/mol. The zero-order valence-electron chi connectivity index (χ0n) is 10.7. The third-order valence-corrected chi connectivity index (χ3v) is 2.87. The third-order valence-electron chi connectivity index (χ3n) is 2.87. The number of hydrogen-bond donors (Lipinski definition) is 2. The Morgan fingerprint density at radius 3 is 2.25 bits per heavy atom. The molecule has 0 aromatic heterocycles. The molecule has 0 aliphatic heterocycles. The van der Waals surface area contributed by atoms with Crippen LogP contribution < -0.4 is 11.1 Å². The van der Waals surface area contributed by atoms with Gasteiger partial charge in [-0.2, -0.15) is 5.26 Å². The van der Waals surface area contributed by atoms with Gasteiger partial charge in [0.25, 0.3) is 0 Å². The highest BCUT2D eigenvalue weighted by Gasteiger charge is 2.10. The smallest absolute Gasteiger partial charge is 0.150 e. The van der Waals surface area contributed by atoms with Crippen molar-refractivity contribution in [3.05, 3.63) is 59.2 Å². The average molecular weight is 273 g/mol. The van der Waals surface area contributed by atoms with Gasteiger partial charge in [0.15, 0.2) is 11.6 Å². The Labute approximate surface area is 115 Å². The molecule has 0 amide bonds. The maximum absolute atomic E-state index is 13.6. The summed E-state index contributed by atoms with van der Waals surface area (Å²) in [7, 11) is 0. The van der Waals surface area contributed by atoms with Crippen molar-refractivity contribution in [3.8, 4) is 6.07 Å². The second-order valence-corrected chi connectivity index (χ2v) is 4.35. The van der Waals surface area contributed by atoms with Gasteiger partial charge in [-0.1, -0.05) is 12.1 Å². The molecule has 0 saturated carbocycles. The molecular formula is C15H13F2N3. The normalized spacial score (nSPS) is 10.1. The first-order valence-electron chi connectivity index (χ1n) is 6.07. The number of nitrogens with zero attached hydrogens (tertiary/aromatic N) is 1. The van der Waals surface area contributed by atoms with Gasteiger partial charge in [-0.05, 0) is 36.2 Å². The molecule has 0 aliphatic rings. The van der Waals surface area contributed by atoms with E-state index < -0.39 is 11.6 Å². The molecule has 3 nitrogen and oxygen atoms in total. The molecule has 3 N–H and O–H groups in total. The summed E-state index contributed by atoms with van der Waals surface area (Å²) in [6, 6.07) is 11.0. The summed E-state index contributed by atoms with van der Waals surface area (Å²) >= 11 is 0. The van der Waals surface area contributed by atoms with Crippen molar-refractivity contribution in [3.63, 3.8) is 0 Å². The van der Waals surface area contributed by atoms with E-state index in [0.717, 1.165) is 17.7 Å². The van der Waals surface area contributed by atoms with Crippen LogP contribution in [0.3, 0.4) is 0 Å². The number of hydrogen-bond acceptors (Lipinski definition) is 3. The summed E-state index contributed by atoms with van der Waals surface area (Å²) in [6.07, 6.45) is 0.610. The minimum absolute atomic E-state index is 0.0379. The van der Waals surface area contributed by atoms with Gasteiger partial charge in [0.1, 0.15) is 5.69 Å². The molecule has 2 aromatic rings. The lowest BCUT2D eigenvalue weighted by molar-refractivity contribution is 0.587. The Morgan fingerprint density at radius 2 is 1.70 bits per heavy atom. The van der Waals surface area contributed by atoms with Gasteiger partial charge in [-0.3, -0.25) is 0 Å². The highest BCUT2D eigenvalue weighted by atomic mass is 19.1. The van der Waals surface area contributed by atoms with E-state index in [9.17, 15) is 8.78 Å². The standard InChI is InChI=1S/C15H13F2N3/c16-13-7-11(9-18)8-14(17)15(13)20-6-5-10-1-3-12(19)4-2-10/h1-4,7-8,20H,5-6,19H2. The molecule has 0 heterocycles. The van der Waals surface area contributed by atoms with Crippen molar-refractivity contribution < 1.29 is 8.78 Å². The van der Waals surface area contributed by atoms with Crippen molar-refractivity contribution in [2.75, 3.05) is 17.6 Å². The summed E-state index contributed by atoms with van der Waals surface area (Å²) in [5, 5.41) is 11.3. The molecule has 0 aliphatic carbocycles. The quantitative estimate of drug-likeness (QED) is 0.841. The predicted octanol–water partition coefficient (Wildman–Crippen LogP) is 3.07. The first-order valence-corrected chi connectivity index (χ1v) is 6.07. The zero-order valence-corrected chi connectivity index (χ0v) is 10.7. The van der Waals surface area contributed by atoms with Crippen LogP contribution >= 0.6 is 0 Å². The maximum Gasteiger partial charge on any atom is 0.150 e. The largest absolute Gasteiger partial charge is 0.399 e. The topological polar surface area (TPSA) is 61.8 Å². The van der Waals surface area contributed by atoms with Gasteiger partial charge in [0.05, 0.1) is 11.6 Å². The molecule has 0 fully saturated rings. The molecule has 20 heavy (non-hydrogen) atoms. The second-order valence-electron chi connectivity index (χ2n) is 4.35. The fraction of sp³-hybridized carbons (Fsp3) is 0.133. The predicted molar refractivity (Wildman–Crippen MR) is 74.1 cm³/mol. The Morgan fingerprint density at radius 1 is 1.10 bits per heavy atom. The van der Waals surface area contributed by atoms with Gasteiger partial charge in [-0.25, -0.2) is 8.78 Å². The first kappa shape index (κ1) is 13.8. The zero-order chi connectivity index (χ0) is 14.5. The highest BCUT2D eigenvalue weighted by molar-refractivity contribution is 5.50. The fourth-order valence-corrected chi connectivity index (χ4v) is 1.82. The average Bonchev–Trinajstić information content (AvgIpc) is 2.43. The van der Waals surface area contributed by atoms with Gasteiger partial charge in [-0.15, -0.1) is 0 Å². The molecule has 5 heteroatoms. The van der Waals surface area contributed by atoms with E-state index in [1.165, 1.54) is 0 Å². The van der Waals surface area contributed by atoms with Crippen molar-refractivity contribution in [2.24, 2.45) is 0 Å². The Balaban J connectivity index is 2.01. The van der Waals surface area contributed by atoms with Crippen LogP contribution in [0.4, 0.5) is 20.2 Å². The van der Waals surface area contributed by atoms with Crippen LogP contribution in [0.5, 0.6) is 0 Å². The van der Waals surface area contributed by atoms with Gasteiger partial charge in [0.2, 0.25) is 0 Å². The summed E-state index contributed by atoms with van der Waals surface area (Å²) in [6.45, 7) is 0.379. The number of nitrogen functional groups attached to an aromatic ring is 1.